The third-order valence-electron chi connectivity index (χ3n) is 10.3. The Kier molecular flexibility index (Phi) is 38.6. The number of unbranched alkanes of at least 4 members (excludes halogenated alkanes) is 7. The van der Waals surface area contributed by atoms with E-state index in [1.54, 1.807) is 0 Å². The predicted octanol–water partition coefficient (Wildman–Crippen LogP) is 10.6. The summed E-state index contributed by atoms with van der Waals surface area (Å²) in [6, 6.07) is 0. The van der Waals surface area contributed by atoms with E-state index in [0.29, 0.717) is 13.0 Å². The lowest BCUT2D eigenvalue weighted by Crippen LogP contribution is -2.64. The van der Waals surface area contributed by atoms with Gasteiger partial charge in [-0.3, -0.25) is 13.8 Å². The molecule has 6 N–H and O–H groups in total. The molecule has 12 nitrogen and oxygen atoms in total. The number of aliphatic hydroxyl groups is 5. The Morgan fingerprint density at radius 2 is 0.848 bits per heavy atom. The van der Waals surface area contributed by atoms with Crippen LogP contribution in [-0.2, 0) is 27.9 Å². The van der Waals surface area contributed by atoms with Crippen molar-refractivity contribution in [2.24, 2.45) is 0 Å². The maximum absolute atomic E-state index is 12.8. The van der Waals surface area contributed by atoms with E-state index in [9.17, 15) is 39.8 Å². The van der Waals surface area contributed by atoms with E-state index >= 15 is 0 Å². The SMILES string of the molecule is CC/C=C\C/C=C\C/C=C\C/C=C\C/C=C\CCCCCCOCC(COP(=O)(O)OC1C(O)C(O)C(O)C(O)C1O)OC(=O)CCCCC/C=C\C/C=C\C/C=C\C/C=C\C/C=C\CC. The second-order valence-electron chi connectivity index (χ2n) is 16.2. The molecular weight excluding hydrogens is 860 g/mol. The van der Waals surface area contributed by atoms with E-state index in [2.05, 4.69) is 135 Å². The van der Waals surface area contributed by atoms with Crippen molar-refractivity contribution in [2.45, 2.75) is 185 Å². The second kappa shape index (κ2) is 41.9. The molecule has 1 saturated carbocycles. The molecule has 6 unspecified atom stereocenters. The minimum absolute atomic E-state index is 0.117. The van der Waals surface area contributed by atoms with Crippen molar-refractivity contribution in [3.05, 3.63) is 122 Å². The van der Waals surface area contributed by atoms with Gasteiger partial charge >= 0.3 is 13.8 Å². The first-order valence-electron chi connectivity index (χ1n) is 24.4. The lowest BCUT2D eigenvalue weighted by atomic mass is 9.85. The molecule has 0 bridgehead atoms. The Morgan fingerprint density at radius 1 is 0.485 bits per heavy atom. The van der Waals surface area contributed by atoms with Gasteiger partial charge in [-0.2, -0.15) is 0 Å². The van der Waals surface area contributed by atoms with E-state index < -0.39 is 63.1 Å². The maximum atomic E-state index is 12.8. The number of carbonyl (C=O) groups is 1. The summed E-state index contributed by atoms with van der Waals surface area (Å²) in [7, 11) is -5.05. The number of carbonyl (C=O) groups excluding carboxylic acids is 1. The summed E-state index contributed by atoms with van der Waals surface area (Å²) < 4.78 is 34.2. The summed E-state index contributed by atoms with van der Waals surface area (Å²) in [6.07, 6.45) is 48.3. The van der Waals surface area contributed by atoms with E-state index in [1.165, 1.54) is 0 Å². The molecule has 1 aliphatic rings. The molecule has 66 heavy (non-hydrogen) atoms. The summed E-state index contributed by atoms with van der Waals surface area (Å²) >= 11 is 0. The number of esters is 1. The molecule has 0 amide bonds. The molecule has 0 aliphatic heterocycles. The zero-order valence-electron chi connectivity index (χ0n) is 39.9. The predicted molar refractivity (Wildman–Crippen MR) is 266 cm³/mol. The number of allylic oxidation sites excluding steroid dienone is 20. The fourth-order valence-electron chi connectivity index (χ4n) is 6.52. The van der Waals surface area contributed by atoms with Gasteiger partial charge < -0.3 is 39.9 Å². The van der Waals surface area contributed by atoms with Crippen molar-refractivity contribution in [1.29, 1.82) is 0 Å². The van der Waals surface area contributed by atoms with Crippen LogP contribution in [0.15, 0.2) is 122 Å². The van der Waals surface area contributed by atoms with Crippen LogP contribution >= 0.6 is 7.82 Å². The zero-order valence-corrected chi connectivity index (χ0v) is 40.8. The van der Waals surface area contributed by atoms with Gasteiger partial charge in [0, 0.05) is 13.0 Å². The minimum Gasteiger partial charge on any atom is -0.457 e. The zero-order chi connectivity index (χ0) is 48.4. The lowest BCUT2D eigenvalue weighted by molar-refractivity contribution is -0.220. The number of rotatable bonds is 39. The number of ether oxygens (including phenoxy) is 2. The first-order chi connectivity index (χ1) is 32.0. The van der Waals surface area contributed by atoms with E-state index in [4.69, 9.17) is 18.5 Å². The molecule has 0 radical (unpaired) electrons. The summed E-state index contributed by atoms with van der Waals surface area (Å²) in [5, 5.41) is 50.3. The van der Waals surface area contributed by atoms with Gasteiger partial charge in [0.15, 0.2) is 0 Å². The molecular formula is C53H85O12P. The van der Waals surface area contributed by atoms with Crippen molar-refractivity contribution in [1.82, 2.24) is 0 Å². The average molecular weight is 945 g/mol. The summed E-state index contributed by atoms with van der Waals surface area (Å²) in [4.78, 5) is 23.2. The normalized spacial score (nSPS) is 22.5. The molecule has 0 spiro atoms. The number of aliphatic hydroxyl groups excluding tert-OH is 5. The molecule has 6 atom stereocenters. The molecule has 1 fully saturated rings. The molecule has 1 aliphatic carbocycles. The van der Waals surface area contributed by atoms with Crippen LogP contribution in [0.3, 0.4) is 0 Å². The average Bonchev–Trinajstić information content (AvgIpc) is 3.30. The van der Waals surface area contributed by atoms with Crippen molar-refractivity contribution < 1.29 is 58.3 Å². The second-order valence-corrected chi connectivity index (χ2v) is 17.6. The Bertz CT molecular complexity index is 1540. The third-order valence-corrected chi connectivity index (χ3v) is 11.3. The van der Waals surface area contributed by atoms with E-state index in [0.717, 1.165) is 116 Å². The van der Waals surface area contributed by atoms with Crippen molar-refractivity contribution in [3.63, 3.8) is 0 Å². The van der Waals surface area contributed by atoms with Gasteiger partial charge in [0.1, 0.15) is 42.7 Å². The van der Waals surface area contributed by atoms with Gasteiger partial charge in [0.05, 0.1) is 13.2 Å². The summed E-state index contributed by atoms with van der Waals surface area (Å²) in [6.45, 7) is 3.91. The maximum Gasteiger partial charge on any atom is 0.472 e. The van der Waals surface area contributed by atoms with Crippen LogP contribution in [0, 0.1) is 0 Å². The number of hydrogen-bond donors (Lipinski definition) is 6. The highest BCUT2D eigenvalue weighted by atomic mass is 31.2. The van der Waals surface area contributed by atoms with Crippen LogP contribution in [0.4, 0.5) is 0 Å². The Labute approximate surface area is 397 Å². The molecule has 0 heterocycles. The van der Waals surface area contributed by atoms with Crippen LogP contribution in [0.5, 0.6) is 0 Å². The lowest BCUT2D eigenvalue weighted by Gasteiger charge is -2.41. The monoisotopic (exact) mass is 945 g/mol. The summed E-state index contributed by atoms with van der Waals surface area (Å²) in [5.74, 6) is -0.524. The Morgan fingerprint density at radius 3 is 1.27 bits per heavy atom. The quantitative estimate of drug-likeness (QED) is 0.0148. The van der Waals surface area contributed by atoms with Crippen LogP contribution in [0.1, 0.15) is 142 Å². The minimum atomic E-state index is -5.05. The largest absolute Gasteiger partial charge is 0.472 e. The van der Waals surface area contributed by atoms with Crippen molar-refractivity contribution in [3.8, 4) is 0 Å². The van der Waals surface area contributed by atoms with Gasteiger partial charge in [-0.25, -0.2) is 4.57 Å². The molecule has 0 aromatic carbocycles. The number of phosphoric ester groups is 1. The molecule has 13 heteroatoms. The first-order valence-corrected chi connectivity index (χ1v) is 25.9. The van der Waals surface area contributed by atoms with Crippen LogP contribution in [0.2, 0.25) is 0 Å². The van der Waals surface area contributed by atoms with Crippen LogP contribution in [0.25, 0.3) is 0 Å². The van der Waals surface area contributed by atoms with Crippen LogP contribution in [-0.4, -0.2) is 98.9 Å². The number of hydrogen-bond acceptors (Lipinski definition) is 11. The van der Waals surface area contributed by atoms with E-state index in [-0.39, 0.29) is 13.0 Å². The summed E-state index contributed by atoms with van der Waals surface area (Å²) in [5.41, 5.74) is 0. The molecule has 0 aromatic heterocycles. The van der Waals surface area contributed by atoms with Gasteiger partial charge in [-0.05, 0) is 103 Å². The Balaban J connectivity index is 2.44. The van der Waals surface area contributed by atoms with Gasteiger partial charge in [0.25, 0.3) is 0 Å². The topological polar surface area (TPSA) is 192 Å². The van der Waals surface area contributed by atoms with Gasteiger partial charge in [0.2, 0.25) is 0 Å². The third kappa shape index (κ3) is 33.3. The Hall–Kier alpha value is -3.26. The highest BCUT2D eigenvalue weighted by molar-refractivity contribution is 7.47. The molecule has 0 saturated heterocycles. The van der Waals surface area contributed by atoms with Crippen LogP contribution < -0.4 is 0 Å². The molecule has 374 valence electrons. The van der Waals surface area contributed by atoms with Gasteiger partial charge in [-0.15, -0.1) is 0 Å². The molecule has 0 aromatic rings. The van der Waals surface area contributed by atoms with Gasteiger partial charge in [-0.1, -0.05) is 155 Å². The standard InChI is InChI=1S/C53H85O12P/c1-3-5-7-9-11-13-15-17-19-21-23-25-27-29-31-33-35-37-39-41-43-62-44-46(45-63-66(60,61)65-53-51(58)49(56)48(55)50(57)52(53)59)64-47(54)42-40-38-36-34-32-30-28-26-24-22-20-18-16-14-12-10-8-6-4-2/h5-8,11-14,17-20,23-26,29-32,46,48-53,55-59H,3-4,9-10,15-16,21-22,27-28,33-45H2,1-2H3,(H,60,61)/b7-5-,8-6-,13-11-,14-12-,19-17-,20-18-,25-23-,26-24-,31-29-,32-30-. The highest BCUT2D eigenvalue weighted by Crippen LogP contribution is 2.47. The number of phosphoric acid groups is 1. The fraction of sp³-hybridized carbons (Fsp3) is 0.604. The van der Waals surface area contributed by atoms with E-state index in [1.807, 2.05) is 0 Å². The smallest absolute Gasteiger partial charge is 0.457 e. The van der Waals surface area contributed by atoms with Crippen molar-refractivity contribution >= 4 is 13.8 Å². The first kappa shape index (κ1) is 60.8. The highest BCUT2D eigenvalue weighted by Gasteiger charge is 2.51. The van der Waals surface area contributed by atoms with Crippen molar-refractivity contribution in [2.75, 3.05) is 19.8 Å². The molecule has 1 rings (SSSR count). The fourth-order valence-corrected chi connectivity index (χ4v) is 7.50.